The number of nitrogens with zero attached hydrogens (tertiary/aromatic N) is 1. The van der Waals surface area contributed by atoms with Crippen molar-refractivity contribution >= 4 is 15.7 Å². The lowest BCUT2D eigenvalue weighted by atomic mass is 10.1. The lowest BCUT2D eigenvalue weighted by molar-refractivity contribution is -0.143. The van der Waals surface area contributed by atoms with Crippen LogP contribution in [-0.2, 0) is 22.4 Å². The highest BCUT2D eigenvalue weighted by Crippen LogP contribution is 2.37. The van der Waals surface area contributed by atoms with Gasteiger partial charge in [0.1, 0.15) is 0 Å². The van der Waals surface area contributed by atoms with E-state index >= 15 is 0 Å². The second-order valence-corrected chi connectivity index (χ2v) is 7.92. The topological polar surface area (TPSA) is 91.9 Å². The zero-order valence-electron chi connectivity index (χ0n) is 15.0. The van der Waals surface area contributed by atoms with Crippen LogP contribution in [0.15, 0.2) is 64.3 Å². The highest BCUT2D eigenvalue weighted by atomic mass is 32.2. The van der Waals surface area contributed by atoms with Crippen molar-refractivity contribution in [2.45, 2.75) is 17.2 Å². The van der Waals surface area contributed by atoms with Gasteiger partial charge in [0.25, 0.3) is 15.6 Å². The van der Waals surface area contributed by atoms with E-state index in [1.807, 2.05) is 4.72 Å². The molecule has 0 saturated carbocycles. The summed E-state index contributed by atoms with van der Waals surface area (Å²) < 4.78 is 105. The van der Waals surface area contributed by atoms with Gasteiger partial charge in [-0.05, 0) is 36.4 Å². The first kappa shape index (κ1) is 22.3. The van der Waals surface area contributed by atoms with Gasteiger partial charge in [0.2, 0.25) is 0 Å². The Morgan fingerprint density at radius 1 is 0.839 bits per heavy atom. The van der Waals surface area contributed by atoms with Crippen LogP contribution in [-0.4, -0.2) is 18.6 Å². The number of aromatic amines is 1. The maximum atomic E-state index is 13.0. The van der Waals surface area contributed by atoms with E-state index in [1.165, 1.54) is 36.4 Å². The summed E-state index contributed by atoms with van der Waals surface area (Å²) in [6.45, 7) is 0. The normalized spacial score (nSPS) is 12.6. The van der Waals surface area contributed by atoms with E-state index in [0.29, 0.717) is 5.56 Å². The fourth-order valence-electron chi connectivity index (χ4n) is 2.54. The zero-order valence-corrected chi connectivity index (χ0v) is 15.9. The third-order valence-electron chi connectivity index (χ3n) is 3.96. The Kier molecular flexibility index (Phi) is 5.56. The Bertz CT molecular complexity index is 1230. The van der Waals surface area contributed by atoms with Crippen LogP contribution in [0.25, 0.3) is 11.3 Å². The summed E-state index contributed by atoms with van der Waals surface area (Å²) in [7, 11) is -4.81. The number of rotatable bonds is 4. The molecule has 0 fully saturated rings. The number of aromatic nitrogens is 2. The number of halogens is 6. The molecule has 0 bridgehead atoms. The molecule has 2 aromatic carbocycles. The number of benzene rings is 2. The predicted octanol–water partition coefficient (Wildman–Crippen LogP) is 4.28. The molecule has 0 radical (unpaired) electrons. The Balaban J connectivity index is 2.02. The van der Waals surface area contributed by atoms with Crippen molar-refractivity contribution in [3.63, 3.8) is 0 Å². The molecule has 2 N–H and O–H groups in total. The van der Waals surface area contributed by atoms with E-state index in [2.05, 4.69) is 10.2 Å². The summed E-state index contributed by atoms with van der Waals surface area (Å²) in [5.74, 6) is 0. The quantitative estimate of drug-likeness (QED) is 0.566. The molecule has 1 heterocycles. The summed E-state index contributed by atoms with van der Waals surface area (Å²) in [4.78, 5) is 9.88. The molecule has 1 aromatic heterocycles. The first-order valence-corrected chi connectivity index (χ1v) is 9.72. The van der Waals surface area contributed by atoms with Gasteiger partial charge >= 0.3 is 12.4 Å². The third-order valence-corrected chi connectivity index (χ3v) is 5.32. The van der Waals surface area contributed by atoms with E-state index in [1.54, 1.807) is 0 Å². The van der Waals surface area contributed by atoms with Gasteiger partial charge in [0.05, 0.1) is 21.7 Å². The Labute approximate surface area is 170 Å². The van der Waals surface area contributed by atoms with E-state index in [0.717, 1.165) is 0 Å². The number of hydrogen-bond donors (Lipinski definition) is 2. The van der Waals surface area contributed by atoms with Gasteiger partial charge in [-0.1, -0.05) is 12.1 Å². The van der Waals surface area contributed by atoms with Crippen molar-refractivity contribution in [1.29, 1.82) is 0 Å². The number of anilines is 1. The highest BCUT2D eigenvalue weighted by Gasteiger charge is 2.38. The van der Waals surface area contributed by atoms with Gasteiger partial charge in [-0.2, -0.15) is 31.4 Å². The Hall–Kier alpha value is -3.35. The van der Waals surface area contributed by atoms with Gasteiger partial charge < -0.3 is 0 Å². The molecule has 0 unspecified atom stereocenters. The van der Waals surface area contributed by atoms with Crippen molar-refractivity contribution in [2.24, 2.45) is 0 Å². The fraction of sp³-hybridized carbons (Fsp3) is 0.111. The molecule has 0 amide bonds. The molecule has 0 aliphatic rings. The molecular weight excluding hydrogens is 452 g/mol. The maximum Gasteiger partial charge on any atom is 0.416 e. The molecule has 0 atom stereocenters. The van der Waals surface area contributed by atoms with Gasteiger partial charge in [-0.25, -0.2) is 13.5 Å². The molecule has 0 saturated heterocycles. The molecule has 3 rings (SSSR count). The molecule has 3 aromatic rings. The predicted molar refractivity (Wildman–Crippen MR) is 97.5 cm³/mol. The van der Waals surface area contributed by atoms with Crippen LogP contribution in [0.1, 0.15) is 11.1 Å². The molecule has 0 spiro atoms. The van der Waals surface area contributed by atoms with Crippen molar-refractivity contribution in [1.82, 2.24) is 10.2 Å². The van der Waals surface area contributed by atoms with E-state index in [4.69, 9.17) is 0 Å². The average molecular weight is 463 g/mol. The number of hydrogen-bond acceptors (Lipinski definition) is 4. The third kappa shape index (κ3) is 5.23. The minimum atomic E-state index is -5.19. The molecule has 0 aliphatic heterocycles. The zero-order chi connectivity index (χ0) is 23.0. The second kappa shape index (κ2) is 7.72. The number of H-pyrrole nitrogens is 1. The van der Waals surface area contributed by atoms with Crippen LogP contribution in [0, 0.1) is 0 Å². The lowest BCUT2D eigenvalue weighted by Crippen LogP contribution is -2.17. The molecule has 164 valence electrons. The van der Waals surface area contributed by atoms with Crippen molar-refractivity contribution in [3.8, 4) is 11.3 Å². The summed E-state index contributed by atoms with van der Waals surface area (Å²) in [5, 5.41) is 5.93. The van der Waals surface area contributed by atoms with Gasteiger partial charge in [-0.15, -0.1) is 0 Å². The average Bonchev–Trinajstić information content (AvgIpc) is 2.67. The second-order valence-electron chi connectivity index (χ2n) is 6.23. The molecule has 0 aliphatic carbocycles. The van der Waals surface area contributed by atoms with Crippen LogP contribution >= 0.6 is 0 Å². The number of sulfonamides is 1. The van der Waals surface area contributed by atoms with E-state index < -0.39 is 44.0 Å². The van der Waals surface area contributed by atoms with Crippen LogP contribution in [0.2, 0.25) is 0 Å². The Morgan fingerprint density at radius 3 is 1.97 bits per heavy atom. The van der Waals surface area contributed by atoms with Crippen LogP contribution in [0.5, 0.6) is 0 Å². The Morgan fingerprint density at radius 2 is 1.45 bits per heavy atom. The van der Waals surface area contributed by atoms with Gasteiger partial charge in [0, 0.05) is 17.3 Å². The SMILES string of the molecule is O=c1ccc(-c2cccc(NS(=O)(=O)c3cc(C(F)(F)F)cc(C(F)(F)F)c3)c2)n[nH]1. The summed E-state index contributed by atoms with van der Waals surface area (Å²) in [6.07, 6.45) is -10.4. The standard InChI is InChI=1S/C18H11F6N3O3S/c19-17(20,21)11-7-12(18(22,23)24)9-14(8-11)31(29,30)27-13-3-1-2-10(6-13)15-4-5-16(28)26-25-15/h1-9,27H,(H,26,28). The molecule has 13 heteroatoms. The fourth-order valence-corrected chi connectivity index (χ4v) is 3.66. The summed E-state index contributed by atoms with van der Waals surface area (Å²) in [6, 6.07) is 7.95. The largest absolute Gasteiger partial charge is 0.416 e. The van der Waals surface area contributed by atoms with Gasteiger partial charge in [-0.3, -0.25) is 9.52 Å². The first-order chi connectivity index (χ1) is 14.3. The summed E-state index contributed by atoms with van der Waals surface area (Å²) >= 11 is 0. The monoisotopic (exact) mass is 463 g/mol. The van der Waals surface area contributed by atoms with Crippen LogP contribution in [0.3, 0.4) is 0 Å². The molecule has 31 heavy (non-hydrogen) atoms. The minimum absolute atomic E-state index is 0.116. The van der Waals surface area contributed by atoms with Gasteiger partial charge in [0.15, 0.2) is 0 Å². The first-order valence-electron chi connectivity index (χ1n) is 8.24. The van der Waals surface area contributed by atoms with Crippen LogP contribution in [0.4, 0.5) is 32.0 Å². The van der Waals surface area contributed by atoms with Crippen molar-refractivity contribution in [3.05, 3.63) is 76.1 Å². The maximum absolute atomic E-state index is 13.0. The lowest BCUT2D eigenvalue weighted by Gasteiger charge is -2.15. The molecule has 6 nitrogen and oxygen atoms in total. The smallest absolute Gasteiger partial charge is 0.280 e. The van der Waals surface area contributed by atoms with Crippen molar-refractivity contribution < 1.29 is 34.8 Å². The molecular formula is C18H11F6N3O3S. The van der Waals surface area contributed by atoms with Crippen LogP contribution < -0.4 is 10.3 Å². The number of alkyl halides is 6. The van der Waals surface area contributed by atoms with E-state index in [9.17, 15) is 39.6 Å². The minimum Gasteiger partial charge on any atom is -0.280 e. The summed E-state index contributed by atoms with van der Waals surface area (Å²) in [5.41, 5.74) is -3.56. The highest BCUT2D eigenvalue weighted by molar-refractivity contribution is 7.92. The van der Waals surface area contributed by atoms with E-state index in [-0.39, 0.29) is 29.6 Å². The number of nitrogens with one attached hydrogen (secondary N) is 2. The van der Waals surface area contributed by atoms with Crippen molar-refractivity contribution in [2.75, 3.05) is 4.72 Å².